The molecule has 1 rings (SSSR count). The summed E-state index contributed by atoms with van der Waals surface area (Å²) in [6, 6.07) is 8.46. The summed E-state index contributed by atoms with van der Waals surface area (Å²) in [6.07, 6.45) is 1.18. The van der Waals surface area contributed by atoms with E-state index in [1.807, 2.05) is 11.9 Å². The summed E-state index contributed by atoms with van der Waals surface area (Å²) < 4.78 is 0. The lowest BCUT2D eigenvalue weighted by Gasteiger charge is -2.15. The van der Waals surface area contributed by atoms with Gasteiger partial charge >= 0.3 is 5.97 Å². The number of hydrogen-bond acceptors (Lipinski definition) is 2. The number of aliphatic carboxylic acids is 1. The van der Waals surface area contributed by atoms with Crippen LogP contribution in [-0.4, -0.2) is 36.1 Å². The van der Waals surface area contributed by atoms with Gasteiger partial charge in [-0.25, -0.2) is 0 Å². The van der Waals surface area contributed by atoms with E-state index in [0.717, 1.165) is 13.0 Å². The highest BCUT2D eigenvalue weighted by Crippen LogP contribution is 2.04. The monoisotopic (exact) mass is 257 g/mol. The maximum Gasteiger partial charge on any atom is 0.304 e. The van der Waals surface area contributed by atoms with Gasteiger partial charge in [-0.15, -0.1) is 12.4 Å². The number of carboxylic acids is 1. The van der Waals surface area contributed by atoms with Crippen LogP contribution < -0.4 is 0 Å². The molecule has 0 radical (unpaired) electrons. The van der Waals surface area contributed by atoms with Crippen molar-refractivity contribution in [3.63, 3.8) is 0 Å². The smallest absolute Gasteiger partial charge is 0.304 e. The van der Waals surface area contributed by atoms with Gasteiger partial charge in [0.2, 0.25) is 0 Å². The molecule has 0 aliphatic rings. The molecule has 0 aliphatic carbocycles. The molecule has 3 nitrogen and oxygen atoms in total. The van der Waals surface area contributed by atoms with Gasteiger partial charge in [0.15, 0.2) is 0 Å². The van der Waals surface area contributed by atoms with E-state index < -0.39 is 5.97 Å². The molecule has 0 aromatic heterocycles. The van der Waals surface area contributed by atoms with Gasteiger partial charge in [-0.05, 0) is 26.0 Å². The van der Waals surface area contributed by atoms with Crippen LogP contribution in [0, 0.1) is 6.92 Å². The van der Waals surface area contributed by atoms with Crippen molar-refractivity contribution in [1.29, 1.82) is 0 Å². The van der Waals surface area contributed by atoms with Crippen LogP contribution in [0.2, 0.25) is 0 Å². The predicted octanol–water partition coefficient (Wildman–Crippen LogP) is 2.37. The minimum absolute atomic E-state index is 0. The summed E-state index contributed by atoms with van der Waals surface area (Å²) in [7, 11) is 1.96. The van der Waals surface area contributed by atoms with Gasteiger partial charge in [-0.1, -0.05) is 29.8 Å². The molecule has 0 saturated heterocycles. The number of halogens is 1. The lowest BCUT2D eigenvalue weighted by atomic mass is 10.1. The number of benzene rings is 1. The molecule has 0 bridgehead atoms. The van der Waals surface area contributed by atoms with E-state index in [1.54, 1.807) is 0 Å². The first-order chi connectivity index (χ1) is 7.58. The Morgan fingerprint density at radius 1 is 1.24 bits per heavy atom. The molecule has 1 aromatic rings. The Kier molecular flexibility index (Phi) is 7.59. The van der Waals surface area contributed by atoms with E-state index in [1.165, 1.54) is 11.1 Å². The van der Waals surface area contributed by atoms with Crippen molar-refractivity contribution in [3.05, 3.63) is 35.4 Å². The first-order valence-electron chi connectivity index (χ1n) is 5.54. The Hall–Kier alpha value is -1.06. The Morgan fingerprint density at radius 3 is 2.35 bits per heavy atom. The van der Waals surface area contributed by atoms with Gasteiger partial charge < -0.3 is 10.0 Å². The number of nitrogens with zero attached hydrogens (tertiary/aromatic N) is 1. The molecule has 0 atom stereocenters. The summed E-state index contributed by atoms with van der Waals surface area (Å²) in [6.45, 7) is 3.58. The number of rotatable bonds is 6. The average molecular weight is 258 g/mol. The normalized spacial score (nSPS) is 10.1. The molecule has 0 heterocycles. The standard InChI is InChI=1S/C13H19NO2.ClH/c1-11-3-5-12(6-4-11)7-9-14(2)10-8-13(15)16;/h3-6H,7-10H2,1-2H3,(H,15,16);1H. The van der Waals surface area contributed by atoms with E-state index in [4.69, 9.17) is 5.11 Å². The van der Waals surface area contributed by atoms with Crippen LogP contribution >= 0.6 is 12.4 Å². The molecule has 0 spiro atoms. The molecule has 0 amide bonds. The van der Waals surface area contributed by atoms with Crippen LogP contribution in [0.5, 0.6) is 0 Å². The quantitative estimate of drug-likeness (QED) is 0.851. The third kappa shape index (κ3) is 6.97. The lowest BCUT2D eigenvalue weighted by molar-refractivity contribution is -0.137. The maximum atomic E-state index is 10.4. The average Bonchev–Trinajstić information content (AvgIpc) is 2.25. The van der Waals surface area contributed by atoms with Gasteiger partial charge in [-0.3, -0.25) is 4.79 Å². The molecule has 4 heteroatoms. The Morgan fingerprint density at radius 2 is 1.82 bits per heavy atom. The predicted molar refractivity (Wildman–Crippen MR) is 71.9 cm³/mol. The summed E-state index contributed by atoms with van der Waals surface area (Å²) >= 11 is 0. The largest absolute Gasteiger partial charge is 0.481 e. The zero-order valence-corrected chi connectivity index (χ0v) is 11.2. The summed E-state index contributed by atoms with van der Waals surface area (Å²) in [5.74, 6) is -0.734. The number of carboxylic acid groups (broad SMARTS) is 1. The summed E-state index contributed by atoms with van der Waals surface area (Å²) in [5, 5.41) is 8.55. The Bertz CT molecular complexity index is 338. The fourth-order valence-electron chi connectivity index (χ4n) is 1.47. The topological polar surface area (TPSA) is 40.5 Å². The zero-order chi connectivity index (χ0) is 12.0. The SMILES string of the molecule is Cc1ccc(CCN(C)CCC(=O)O)cc1.Cl. The summed E-state index contributed by atoms with van der Waals surface area (Å²) in [4.78, 5) is 12.4. The number of hydrogen-bond donors (Lipinski definition) is 1. The van der Waals surface area contributed by atoms with Gasteiger partial charge in [0.05, 0.1) is 6.42 Å². The second kappa shape index (κ2) is 8.09. The Balaban J connectivity index is 0.00000256. The summed E-state index contributed by atoms with van der Waals surface area (Å²) in [5.41, 5.74) is 2.57. The fraction of sp³-hybridized carbons (Fsp3) is 0.462. The van der Waals surface area contributed by atoms with Gasteiger partial charge in [0.25, 0.3) is 0 Å². The van der Waals surface area contributed by atoms with E-state index in [0.29, 0.717) is 6.54 Å². The molecule has 96 valence electrons. The molecule has 1 aromatic carbocycles. The van der Waals surface area contributed by atoms with Gasteiger partial charge in [-0.2, -0.15) is 0 Å². The van der Waals surface area contributed by atoms with Gasteiger partial charge in [0.1, 0.15) is 0 Å². The molecule has 17 heavy (non-hydrogen) atoms. The molecule has 0 unspecified atom stereocenters. The highest BCUT2D eigenvalue weighted by atomic mass is 35.5. The number of carbonyl (C=O) groups is 1. The first-order valence-corrected chi connectivity index (χ1v) is 5.54. The van der Waals surface area contributed by atoms with Crippen LogP contribution in [0.25, 0.3) is 0 Å². The van der Waals surface area contributed by atoms with E-state index in [-0.39, 0.29) is 18.8 Å². The molecule has 1 N–H and O–H groups in total. The van der Waals surface area contributed by atoms with E-state index in [2.05, 4.69) is 31.2 Å². The van der Waals surface area contributed by atoms with Crippen molar-refractivity contribution in [3.8, 4) is 0 Å². The van der Waals surface area contributed by atoms with Crippen molar-refractivity contribution < 1.29 is 9.90 Å². The number of aryl methyl sites for hydroxylation is 1. The second-order valence-electron chi connectivity index (χ2n) is 4.18. The van der Waals surface area contributed by atoms with E-state index in [9.17, 15) is 4.79 Å². The van der Waals surface area contributed by atoms with Crippen LogP contribution in [0.1, 0.15) is 17.5 Å². The van der Waals surface area contributed by atoms with Crippen LogP contribution in [0.4, 0.5) is 0 Å². The zero-order valence-electron chi connectivity index (χ0n) is 10.3. The molecular weight excluding hydrogens is 238 g/mol. The third-order valence-corrected chi connectivity index (χ3v) is 2.61. The highest BCUT2D eigenvalue weighted by molar-refractivity contribution is 5.85. The molecular formula is C13H20ClNO2. The number of likely N-dealkylation sites (N-methyl/N-ethyl adjacent to an activating group) is 1. The first kappa shape index (κ1) is 15.9. The minimum atomic E-state index is -0.734. The lowest BCUT2D eigenvalue weighted by Crippen LogP contribution is -2.24. The van der Waals surface area contributed by atoms with Crippen molar-refractivity contribution >= 4 is 18.4 Å². The molecule has 0 aliphatic heterocycles. The van der Waals surface area contributed by atoms with Crippen LogP contribution in [0.15, 0.2) is 24.3 Å². The third-order valence-electron chi connectivity index (χ3n) is 2.61. The minimum Gasteiger partial charge on any atom is -0.481 e. The van der Waals surface area contributed by atoms with E-state index >= 15 is 0 Å². The van der Waals surface area contributed by atoms with Crippen molar-refractivity contribution in [1.82, 2.24) is 4.90 Å². The van der Waals surface area contributed by atoms with Crippen LogP contribution in [0.3, 0.4) is 0 Å². The highest BCUT2D eigenvalue weighted by Gasteiger charge is 2.02. The molecule has 0 fully saturated rings. The van der Waals surface area contributed by atoms with Crippen molar-refractivity contribution in [2.24, 2.45) is 0 Å². The maximum absolute atomic E-state index is 10.4. The molecule has 0 saturated carbocycles. The fourth-order valence-corrected chi connectivity index (χ4v) is 1.47. The Labute approximate surface area is 109 Å². The van der Waals surface area contributed by atoms with Crippen LogP contribution in [-0.2, 0) is 11.2 Å². The van der Waals surface area contributed by atoms with Crippen molar-refractivity contribution in [2.45, 2.75) is 19.8 Å². The second-order valence-corrected chi connectivity index (χ2v) is 4.18. The van der Waals surface area contributed by atoms with Gasteiger partial charge in [0, 0.05) is 13.1 Å². The van der Waals surface area contributed by atoms with Crippen molar-refractivity contribution in [2.75, 3.05) is 20.1 Å².